The highest BCUT2D eigenvalue weighted by molar-refractivity contribution is 5.80. The van der Waals surface area contributed by atoms with Crippen molar-refractivity contribution in [2.45, 2.75) is 13.5 Å². The highest BCUT2D eigenvalue weighted by atomic mass is 15.5. The molecule has 1 heterocycles. The maximum absolute atomic E-state index is 4.66. The number of nitrogens with one attached hydrogen (secondary N) is 1. The van der Waals surface area contributed by atoms with Gasteiger partial charge in [-0.1, -0.05) is 42.0 Å². The zero-order chi connectivity index (χ0) is 17.6. The Bertz CT molecular complexity index is 681. The van der Waals surface area contributed by atoms with E-state index >= 15 is 0 Å². The van der Waals surface area contributed by atoms with Crippen LogP contribution in [-0.4, -0.2) is 51.5 Å². The normalized spacial score (nSPS) is 15.7. The first-order valence-electron chi connectivity index (χ1n) is 9.05. The van der Waals surface area contributed by atoms with Crippen LogP contribution in [0.1, 0.15) is 16.7 Å². The van der Waals surface area contributed by atoms with Crippen molar-refractivity contribution in [3.8, 4) is 0 Å². The van der Waals surface area contributed by atoms with E-state index in [0.717, 1.165) is 38.3 Å². The van der Waals surface area contributed by atoms with Crippen LogP contribution in [0.4, 0.5) is 5.69 Å². The lowest BCUT2D eigenvalue weighted by Gasteiger charge is -2.30. The molecule has 1 saturated heterocycles. The molecule has 1 aliphatic heterocycles. The number of anilines is 1. The van der Waals surface area contributed by atoms with Crippen molar-refractivity contribution in [3.05, 3.63) is 65.2 Å². The second-order valence-corrected chi connectivity index (χ2v) is 7.10. The Morgan fingerprint density at radius 2 is 1.64 bits per heavy atom. The summed E-state index contributed by atoms with van der Waals surface area (Å²) in [6.07, 6.45) is 1.98. The van der Waals surface area contributed by atoms with E-state index in [-0.39, 0.29) is 0 Å². The van der Waals surface area contributed by atoms with Crippen LogP contribution in [0.2, 0.25) is 0 Å². The molecule has 132 valence electrons. The third kappa shape index (κ3) is 5.07. The number of aryl methyl sites for hydroxylation is 1. The monoisotopic (exact) mass is 337 g/mol. The molecule has 2 aromatic carbocycles. The van der Waals surface area contributed by atoms with E-state index < -0.39 is 0 Å². The topological polar surface area (TPSA) is 23.3 Å². The number of rotatable bonds is 5. The molecule has 0 saturated carbocycles. The molecule has 25 heavy (non-hydrogen) atoms. The van der Waals surface area contributed by atoms with Crippen LogP contribution in [0.3, 0.4) is 0 Å². The van der Waals surface area contributed by atoms with Gasteiger partial charge < -0.3 is 9.80 Å². The standard InChI is InChI=1S/C21H28N4/c1-18-4-6-20(7-5-18)17-24-12-14-25(15-13-24)22-16-19-8-10-21(11-9-19)23(2)3/h4-11,16H,12-15,17H2,1-3H3/p+1/b22-16+. The van der Waals surface area contributed by atoms with Crippen LogP contribution in [0.25, 0.3) is 0 Å². The molecule has 1 N–H and O–H groups in total. The van der Waals surface area contributed by atoms with Gasteiger partial charge in [0.15, 0.2) is 0 Å². The predicted octanol–water partition coefficient (Wildman–Crippen LogP) is 1.80. The fourth-order valence-corrected chi connectivity index (χ4v) is 3.10. The van der Waals surface area contributed by atoms with Gasteiger partial charge in [-0.3, -0.25) is 5.01 Å². The molecule has 0 unspecified atom stereocenters. The fourth-order valence-electron chi connectivity index (χ4n) is 3.10. The van der Waals surface area contributed by atoms with Crippen molar-refractivity contribution in [2.75, 3.05) is 45.2 Å². The van der Waals surface area contributed by atoms with Gasteiger partial charge in [0.2, 0.25) is 0 Å². The average Bonchev–Trinajstić information content (AvgIpc) is 2.63. The number of hydrogen-bond acceptors (Lipinski definition) is 3. The molecule has 1 fully saturated rings. The number of nitrogens with zero attached hydrogens (tertiary/aromatic N) is 3. The first kappa shape index (κ1) is 17.5. The summed E-state index contributed by atoms with van der Waals surface area (Å²) in [7, 11) is 4.11. The highest BCUT2D eigenvalue weighted by Gasteiger charge is 2.18. The van der Waals surface area contributed by atoms with Gasteiger partial charge in [0.05, 0.1) is 32.4 Å². The molecule has 0 spiro atoms. The first-order valence-corrected chi connectivity index (χ1v) is 9.05. The third-order valence-electron chi connectivity index (χ3n) is 4.80. The molecule has 0 aliphatic carbocycles. The highest BCUT2D eigenvalue weighted by Crippen LogP contribution is 2.11. The Balaban J connectivity index is 1.47. The quantitative estimate of drug-likeness (QED) is 0.841. The molecule has 2 aromatic rings. The summed E-state index contributed by atoms with van der Waals surface area (Å²) in [5.74, 6) is 0. The van der Waals surface area contributed by atoms with Crippen molar-refractivity contribution in [1.29, 1.82) is 0 Å². The maximum atomic E-state index is 4.66. The molecule has 0 atom stereocenters. The minimum absolute atomic E-state index is 1.02. The average molecular weight is 337 g/mol. The van der Waals surface area contributed by atoms with E-state index in [0.29, 0.717) is 0 Å². The van der Waals surface area contributed by atoms with Crippen molar-refractivity contribution in [2.24, 2.45) is 5.10 Å². The van der Waals surface area contributed by atoms with Gasteiger partial charge in [0.25, 0.3) is 0 Å². The smallest absolute Gasteiger partial charge is 0.103 e. The Labute approximate surface area is 151 Å². The minimum Gasteiger partial charge on any atom is -0.378 e. The number of hydrazone groups is 1. The number of hydrogen-bond donors (Lipinski definition) is 1. The van der Waals surface area contributed by atoms with E-state index in [1.807, 2.05) is 6.21 Å². The SMILES string of the molecule is Cc1ccc(C[NH+]2CCN(/N=C/c3ccc(N(C)C)cc3)CC2)cc1. The number of quaternary nitrogens is 1. The molecule has 4 heteroatoms. The zero-order valence-corrected chi connectivity index (χ0v) is 15.6. The second kappa shape index (κ2) is 8.17. The number of benzene rings is 2. The maximum Gasteiger partial charge on any atom is 0.103 e. The summed E-state index contributed by atoms with van der Waals surface area (Å²) in [4.78, 5) is 3.75. The van der Waals surface area contributed by atoms with E-state index in [2.05, 4.69) is 84.6 Å². The van der Waals surface area contributed by atoms with Crippen molar-refractivity contribution in [3.63, 3.8) is 0 Å². The van der Waals surface area contributed by atoms with Crippen LogP contribution >= 0.6 is 0 Å². The van der Waals surface area contributed by atoms with Gasteiger partial charge in [-0.05, 0) is 24.6 Å². The van der Waals surface area contributed by atoms with Gasteiger partial charge in [0.1, 0.15) is 6.54 Å². The van der Waals surface area contributed by atoms with E-state index in [9.17, 15) is 0 Å². The summed E-state index contributed by atoms with van der Waals surface area (Å²) >= 11 is 0. The largest absolute Gasteiger partial charge is 0.378 e. The molecule has 4 nitrogen and oxygen atoms in total. The van der Waals surface area contributed by atoms with Crippen LogP contribution in [0, 0.1) is 6.92 Å². The van der Waals surface area contributed by atoms with E-state index in [1.54, 1.807) is 4.90 Å². The lowest BCUT2D eigenvalue weighted by Crippen LogP contribution is -3.13. The lowest BCUT2D eigenvalue weighted by atomic mass is 10.1. The Morgan fingerprint density at radius 3 is 2.24 bits per heavy atom. The molecule has 0 radical (unpaired) electrons. The minimum atomic E-state index is 1.02. The number of piperazine rings is 1. The second-order valence-electron chi connectivity index (χ2n) is 7.10. The Morgan fingerprint density at radius 1 is 1.00 bits per heavy atom. The van der Waals surface area contributed by atoms with Crippen LogP contribution < -0.4 is 9.80 Å². The molecule has 0 aromatic heterocycles. The zero-order valence-electron chi connectivity index (χ0n) is 15.6. The van der Waals surface area contributed by atoms with Gasteiger partial charge in [0, 0.05) is 25.3 Å². The molecular formula is C21H29N4+. The van der Waals surface area contributed by atoms with Crippen LogP contribution in [-0.2, 0) is 6.54 Å². The summed E-state index contributed by atoms with van der Waals surface area (Å²) in [5.41, 5.74) is 5.13. The van der Waals surface area contributed by atoms with Gasteiger partial charge in [-0.2, -0.15) is 5.10 Å². The molecule has 3 rings (SSSR count). The van der Waals surface area contributed by atoms with Crippen molar-refractivity contribution >= 4 is 11.9 Å². The van der Waals surface area contributed by atoms with Gasteiger partial charge >= 0.3 is 0 Å². The molecule has 0 amide bonds. The fraction of sp³-hybridized carbons (Fsp3) is 0.381. The summed E-state index contributed by atoms with van der Waals surface area (Å²) in [6, 6.07) is 17.4. The van der Waals surface area contributed by atoms with E-state index in [1.165, 1.54) is 16.8 Å². The molecule has 1 aliphatic rings. The third-order valence-corrected chi connectivity index (χ3v) is 4.80. The Kier molecular flexibility index (Phi) is 5.71. The summed E-state index contributed by atoms with van der Waals surface area (Å²) in [6.45, 7) is 7.59. The molecular weight excluding hydrogens is 308 g/mol. The predicted molar refractivity (Wildman–Crippen MR) is 106 cm³/mol. The first-order chi connectivity index (χ1) is 12.1. The Hall–Kier alpha value is -2.33. The summed E-state index contributed by atoms with van der Waals surface area (Å²) in [5, 5.41) is 6.86. The van der Waals surface area contributed by atoms with Gasteiger partial charge in [-0.25, -0.2) is 0 Å². The van der Waals surface area contributed by atoms with Crippen molar-refractivity contribution in [1.82, 2.24) is 5.01 Å². The van der Waals surface area contributed by atoms with Crippen LogP contribution in [0.5, 0.6) is 0 Å². The lowest BCUT2D eigenvalue weighted by molar-refractivity contribution is -0.918. The summed E-state index contributed by atoms with van der Waals surface area (Å²) < 4.78 is 0. The molecule has 0 bridgehead atoms. The van der Waals surface area contributed by atoms with E-state index in [4.69, 9.17) is 0 Å². The van der Waals surface area contributed by atoms with Crippen molar-refractivity contribution < 1.29 is 4.90 Å². The van der Waals surface area contributed by atoms with Crippen LogP contribution in [0.15, 0.2) is 53.6 Å². The van der Waals surface area contributed by atoms with Gasteiger partial charge in [-0.15, -0.1) is 0 Å².